The van der Waals surface area contributed by atoms with Gasteiger partial charge >= 0.3 is 6.61 Å². The molecule has 2 rings (SSSR count). The molecule has 1 aliphatic rings. The summed E-state index contributed by atoms with van der Waals surface area (Å²) in [6, 6.07) is 7.62. The number of alkyl halides is 2. The molecule has 21 heavy (non-hydrogen) atoms. The van der Waals surface area contributed by atoms with E-state index in [-0.39, 0.29) is 11.7 Å². The summed E-state index contributed by atoms with van der Waals surface area (Å²) in [5.41, 5.74) is -0.496. The fourth-order valence-corrected chi connectivity index (χ4v) is 2.50. The third-order valence-corrected chi connectivity index (χ3v) is 3.62. The lowest BCUT2D eigenvalue weighted by atomic mass is 9.82. The highest BCUT2D eigenvalue weighted by molar-refractivity contribution is 5.95. The number of rotatable bonds is 4. The zero-order valence-corrected chi connectivity index (χ0v) is 11.4. The number of benzene rings is 1. The van der Waals surface area contributed by atoms with E-state index in [9.17, 15) is 18.8 Å². The number of halogens is 2. The first kappa shape index (κ1) is 15.2. The standard InChI is InChI=1S/C15H16F2N2O2/c16-14(17)21-12-6-4-11(5-7-12)13(20)19-15(10-18)8-2-1-3-9-15/h4-7,14H,1-3,8-9H2,(H,19,20). The van der Waals surface area contributed by atoms with E-state index in [0.29, 0.717) is 18.4 Å². The van der Waals surface area contributed by atoms with Crippen molar-refractivity contribution >= 4 is 5.91 Å². The van der Waals surface area contributed by atoms with E-state index in [1.807, 2.05) is 0 Å². The molecule has 1 N–H and O–H groups in total. The van der Waals surface area contributed by atoms with E-state index in [4.69, 9.17) is 0 Å². The molecule has 0 saturated heterocycles. The second kappa shape index (κ2) is 6.53. The number of nitrogens with zero attached hydrogens (tertiary/aromatic N) is 1. The molecule has 0 bridgehead atoms. The average molecular weight is 294 g/mol. The Morgan fingerprint density at radius 2 is 1.86 bits per heavy atom. The lowest BCUT2D eigenvalue weighted by Gasteiger charge is -2.31. The second-order valence-electron chi connectivity index (χ2n) is 5.11. The molecule has 1 aliphatic carbocycles. The van der Waals surface area contributed by atoms with E-state index in [2.05, 4.69) is 16.1 Å². The van der Waals surface area contributed by atoms with Gasteiger partial charge in [0.25, 0.3) is 5.91 Å². The van der Waals surface area contributed by atoms with Crippen LogP contribution in [-0.2, 0) is 0 Å². The van der Waals surface area contributed by atoms with Gasteiger partial charge in [-0.25, -0.2) is 0 Å². The highest BCUT2D eigenvalue weighted by Gasteiger charge is 2.33. The highest BCUT2D eigenvalue weighted by Crippen LogP contribution is 2.28. The molecule has 1 fully saturated rings. The summed E-state index contributed by atoms with van der Waals surface area (Å²) in [7, 11) is 0. The molecule has 0 atom stereocenters. The number of carbonyl (C=O) groups is 1. The van der Waals surface area contributed by atoms with Crippen molar-refractivity contribution in [1.29, 1.82) is 5.26 Å². The minimum Gasteiger partial charge on any atom is -0.435 e. The van der Waals surface area contributed by atoms with Gasteiger partial charge in [-0.2, -0.15) is 14.0 Å². The lowest BCUT2D eigenvalue weighted by molar-refractivity contribution is -0.0498. The van der Waals surface area contributed by atoms with Crippen LogP contribution in [0.2, 0.25) is 0 Å². The van der Waals surface area contributed by atoms with Gasteiger partial charge in [-0.1, -0.05) is 19.3 Å². The van der Waals surface area contributed by atoms with Gasteiger partial charge in [0.1, 0.15) is 11.3 Å². The van der Waals surface area contributed by atoms with Crippen LogP contribution in [0.1, 0.15) is 42.5 Å². The van der Waals surface area contributed by atoms with E-state index >= 15 is 0 Å². The summed E-state index contributed by atoms with van der Waals surface area (Å²) < 4.78 is 28.3. The minimum atomic E-state index is -2.89. The van der Waals surface area contributed by atoms with Crippen LogP contribution in [0.5, 0.6) is 5.75 Å². The molecule has 112 valence electrons. The van der Waals surface area contributed by atoms with E-state index < -0.39 is 12.2 Å². The molecule has 0 radical (unpaired) electrons. The maximum absolute atomic E-state index is 12.2. The third-order valence-electron chi connectivity index (χ3n) is 3.62. The number of hydrogen-bond acceptors (Lipinski definition) is 3. The average Bonchev–Trinajstić information content (AvgIpc) is 2.48. The minimum absolute atomic E-state index is 0.00536. The van der Waals surface area contributed by atoms with Crippen LogP contribution in [0, 0.1) is 11.3 Å². The van der Waals surface area contributed by atoms with E-state index in [1.165, 1.54) is 24.3 Å². The van der Waals surface area contributed by atoms with Crippen molar-refractivity contribution < 1.29 is 18.3 Å². The van der Waals surface area contributed by atoms with Crippen molar-refractivity contribution in [3.63, 3.8) is 0 Å². The summed E-state index contributed by atoms with van der Waals surface area (Å²) in [5, 5.41) is 12.1. The van der Waals surface area contributed by atoms with Crippen molar-refractivity contribution in [2.75, 3.05) is 0 Å². The topological polar surface area (TPSA) is 62.1 Å². The first-order valence-corrected chi connectivity index (χ1v) is 6.83. The molecule has 0 spiro atoms. The molecule has 0 unspecified atom stereocenters. The Morgan fingerprint density at radius 3 is 2.38 bits per heavy atom. The highest BCUT2D eigenvalue weighted by atomic mass is 19.3. The maximum atomic E-state index is 12.2. The number of hydrogen-bond donors (Lipinski definition) is 1. The number of nitriles is 1. The number of carbonyl (C=O) groups excluding carboxylic acids is 1. The van der Waals surface area contributed by atoms with Crippen LogP contribution in [0.3, 0.4) is 0 Å². The summed E-state index contributed by atoms with van der Waals surface area (Å²) in [5.74, 6) is -0.378. The Kier molecular flexibility index (Phi) is 4.73. The van der Waals surface area contributed by atoms with Crippen molar-refractivity contribution in [2.45, 2.75) is 44.3 Å². The van der Waals surface area contributed by atoms with Gasteiger partial charge in [-0.05, 0) is 37.1 Å². The molecule has 6 heteroatoms. The predicted molar refractivity (Wildman–Crippen MR) is 72.0 cm³/mol. The number of nitrogens with one attached hydrogen (secondary N) is 1. The van der Waals surface area contributed by atoms with Crippen molar-refractivity contribution in [3.8, 4) is 11.8 Å². The van der Waals surface area contributed by atoms with Crippen molar-refractivity contribution in [1.82, 2.24) is 5.32 Å². The van der Waals surface area contributed by atoms with Gasteiger partial charge in [0.2, 0.25) is 0 Å². The molecular weight excluding hydrogens is 278 g/mol. The molecule has 0 aliphatic heterocycles. The van der Waals surface area contributed by atoms with Gasteiger partial charge in [-0.3, -0.25) is 4.79 Å². The van der Waals surface area contributed by atoms with Crippen LogP contribution in [0.4, 0.5) is 8.78 Å². The second-order valence-corrected chi connectivity index (χ2v) is 5.11. The molecule has 1 saturated carbocycles. The normalized spacial score (nSPS) is 17.0. The van der Waals surface area contributed by atoms with E-state index in [0.717, 1.165) is 19.3 Å². The Hall–Kier alpha value is -2.16. The first-order chi connectivity index (χ1) is 10.0. The quantitative estimate of drug-likeness (QED) is 0.927. The molecule has 1 amide bonds. The molecule has 4 nitrogen and oxygen atoms in total. The third kappa shape index (κ3) is 3.91. The fraction of sp³-hybridized carbons (Fsp3) is 0.467. The largest absolute Gasteiger partial charge is 0.435 e. The van der Waals surface area contributed by atoms with Crippen LogP contribution in [-0.4, -0.2) is 18.1 Å². The van der Waals surface area contributed by atoms with Gasteiger partial charge in [0, 0.05) is 5.56 Å². The summed E-state index contributed by atoms with van der Waals surface area (Å²) in [6.45, 7) is -2.89. The maximum Gasteiger partial charge on any atom is 0.387 e. The molecular formula is C15H16F2N2O2. The van der Waals surface area contributed by atoms with Gasteiger partial charge in [0.15, 0.2) is 0 Å². The van der Waals surface area contributed by atoms with Crippen LogP contribution in [0.15, 0.2) is 24.3 Å². The van der Waals surface area contributed by atoms with Gasteiger partial charge in [0.05, 0.1) is 6.07 Å². The number of amides is 1. The first-order valence-electron chi connectivity index (χ1n) is 6.83. The van der Waals surface area contributed by atoms with Gasteiger partial charge in [-0.15, -0.1) is 0 Å². The van der Waals surface area contributed by atoms with Crippen LogP contribution < -0.4 is 10.1 Å². The molecule has 0 aromatic heterocycles. The Balaban J connectivity index is 2.04. The zero-order chi connectivity index (χ0) is 15.3. The zero-order valence-electron chi connectivity index (χ0n) is 11.4. The summed E-state index contributed by atoms with van der Waals surface area (Å²) >= 11 is 0. The van der Waals surface area contributed by atoms with Crippen LogP contribution in [0.25, 0.3) is 0 Å². The Labute approximate surface area is 121 Å². The van der Waals surface area contributed by atoms with Gasteiger partial charge < -0.3 is 10.1 Å². The molecule has 1 aromatic rings. The summed E-state index contributed by atoms with van der Waals surface area (Å²) in [4.78, 5) is 12.2. The number of ether oxygens (including phenoxy) is 1. The van der Waals surface area contributed by atoms with Crippen molar-refractivity contribution in [2.24, 2.45) is 0 Å². The van der Waals surface area contributed by atoms with E-state index in [1.54, 1.807) is 0 Å². The Morgan fingerprint density at radius 1 is 1.24 bits per heavy atom. The molecule has 0 heterocycles. The predicted octanol–water partition coefficient (Wildman–Crippen LogP) is 3.24. The summed E-state index contributed by atoms with van der Waals surface area (Å²) in [6.07, 6.45) is 4.17. The SMILES string of the molecule is N#CC1(NC(=O)c2ccc(OC(F)F)cc2)CCCCC1. The van der Waals surface area contributed by atoms with Crippen molar-refractivity contribution in [3.05, 3.63) is 29.8 Å². The molecule has 1 aromatic carbocycles. The lowest BCUT2D eigenvalue weighted by Crippen LogP contribution is -2.48. The smallest absolute Gasteiger partial charge is 0.387 e. The monoisotopic (exact) mass is 294 g/mol. The fourth-order valence-electron chi connectivity index (χ4n) is 2.50. The van der Waals surface area contributed by atoms with Crippen LogP contribution >= 0.6 is 0 Å². The Bertz CT molecular complexity index is 532.